The van der Waals surface area contributed by atoms with Gasteiger partial charge in [-0.15, -0.1) is 0 Å². The summed E-state index contributed by atoms with van der Waals surface area (Å²) in [6.07, 6.45) is 2.49. The summed E-state index contributed by atoms with van der Waals surface area (Å²) in [4.78, 5) is 12.3. The lowest BCUT2D eigenvalue weighted by molar-refractivity contribution is 0.414. The van der Waals surface area contributed by atoms with E-state index in [1.165, 1.54) is 23.0 Å². The van der Waals surface area contributed by atoms with E-state index in [9.17, 15) is 13.2 Å². The topological polar surface area (TPSA) is 78.5 Å². The van der Waals surface area contributed by atoms with E-state index in [-0.39, 0.29) is 4.90 Å². The van der Waals surface area contributed by atoms with Crippen LogP contribution < -0.4 is 10.5 Å². The molecule has 0 aliphatic rings. The summed E-state index contributed by atoms with van der Waals surface area (Å²) >= 11 is 0. The number of oxazole rings is 1. The lowest BCUT2D eigenvalue weighted by Gasteiger charge is -2.08. The van der Waals surface area contributed by atoms with E-state index >= 15 is 0 Å². The van der Waals surface area contributed by atoms with Crippen molar-refractivity contribution < 1.29 is 17.6 Å². The Bertz CT molecular complexity index is 1030. The number of benzene rings is 2. The minimum Gasteiger partial charge on any atom is -0.497 e. The molecule has 1 heterocycles. The molecule has 124 valence electrons. The standard InChI is InChI=1S/C17H15NO5S/c1-22-14-5-3-4-13(10-14)18-16(11-23-17(18)19)12-6-8-15(9-7-12)24(2,20)21/h3-11H,1-2H3. The number of hydrogen-bond acceptors (Lipinski definition) is 5. The molecule has 24 heavy (non-hydrogen) atoms. The van der Waals surface area contributed by atoms with Gasteiger partial charge in [0.15, 0.2) is 9.84 Å². The second-order valence-electron chi connectivity index (χ2n) is 5.22. The van der Waals surface area contributed by atoms with Crippen LogP contribution in [0.4, 0.5) is 0 Å². The van der Waals surface area contributed by atoms with Crippen LogP contribution in [0.1, 0.15) is 0 Å². The first kappa shape index (κ1) is 16.1. The molecule has 0 bridgehead atoms. The second kappa shape index (κ2) is 6.01. The normalized spacial score (nSPS) is 11.4. The zero-order valence-corrected chi connectivity index (χ0v) is 13.9. The van der Waals surface area contributed by atoms with Crippen LogP contribution in [-0.4, -0.2) is 26.4 Å². The van der Waals surface area contributed by atoms with Gasteiger partial charge in [-0.25, -0.2) is 17.8 Å². The Kier molecular flexibility index (Phi) is 4.02. The van der Waals surface area contributed by atoms with Crippen molar-refractivity contribution in [3.05, 3.63) is 65.3 Å². The number of rotatable bonds is 4. The van der Waals surface area contributed by atoms with Crippen molar-refractivity contribution in [2.24, 2.45) is 0 Å². The minimum absolute atomic E-state index is 0.213. The molecule has 0 atom stereocenters. The fourth-order valence-electron chi connectivity index (χ4n) is 2.37. The number of ether oxygens (including phenoxy) is 1. The molecule has 0 saturated heterocycles. The van der Waals surface area contributed by atoms with Crippen molar-refractivity contribution in [2.75, 3.05) is 13.4 Å². The summed E-state index contributed by atoms with van der Waals surface area (Å²) in [7, 11) is -1.73. The van der Waals surface area contributed by atoms with Crippen LogP contribution in [0.5, 0.6) is 5.75 Å². The van der Waals surface area contributed by atoms with Gasteiger partial charge in [0.25, 0.3) is 0 Å². The molecule has 0 unspecified atom stereocenters. The van der Waals surface area contributed by atoms with Crippen LogP contribution >= 0.6 is 0 Å². The van der Waals surface area contributed by atoms with Gasteiger partial charge in [-0.1, -0.05) is 18.2 Å². The molecule has 0 N–H and O–H groups in total. The van der Waals surface area contributed by atoms with E-state index in [0.29, 0.717) is 22.7 Å². The number of sulfone groups is 1. The fourth-order valence-corrected chi connectivity index (χ4v) is 3.00. The van der Waals surface area contributed by atoms with Crippen LogP contribution in [0.25, 0.3) is 16.9 Å². The van der Waals surface area contributed by atoms with E-state index in [0.717, 1.165) is 6.26 Å². The summed E-state index contributed by atoms with van der Waals surface area (Å²) in [5.74, 6) is 0.0735. The number of aromatic nitrogens is 1. The Morgan fingerprint density at radius 3 is 2.42 bits per heavy atom. The summed E-state index contributed by atoms with van der Waals surface area (Å²) in [6.45, 7) is 0. The van der Waals surface area contributed by atoms with Crippen molar-refractivity contribution in [3.8, 4) is 22.7 Å². The van der Waals surface area contributed by atoms with Gasteiger partial charge in [0.05, 0.1) is 23.4 Å². The van der Waals surface area contributed by atoms with Crippen molar-refractivity contribution >= 4 is 9.84 Å². The van der Waals surface area contributed by atoms with Gasteiger partial charge in [-0.3, -0.25) is 0 Å². The quantitative estimate of drug-likeness (QED) is 0.726. The molecule has 0 radical (unpaired) electrons. The zero-order chi connectivity index (χ0) is 17.3. The average molecular weight is 345 g/mol. The maximum Gasteiger partial charge on any atom is 0.424 e. The van der Waals surface area contributed by atoms with Crippen LogP contribution in [0, 0.1) is 0 Å². The van der Waals surface area contributed by atoms with Crippen molar-refractivity contribution in [1.29, 1.82) is 0 Å². The molecular weight excluding hydrogens is 330 g/mol. The summed E-state index contributed by atoms with van der Waals surface area (Å²) in [6, 6.07) is 13.3. The van der Waals surface area contributed by atoms with Crippen molar-refractivity contribution in [3.63, 3.8) is 0 Å². The predicted molar refractivity (Wildman–Crippen MR) is 89.4 cm³/mol. The Morgan fingerprint density at radius 1 is 1.08 bits per heavy atom. The molecule has 6 nitrogen and oxygen atoms in total. The molecule has 0 aliphatic heterocycles. The van der Waals surface area contributed by atoms with Crippen LogP contribution in [0.15, 0.2) is 68.9 Å². The number of hydrogen-bond donors (Lipinski definition) is 0. The van der Waals surface area contributed by atoms with E-state index in [1.807, 2.05) is 0 Å². The minimum atomic E-state index is -3.28. The van der Waals surface area contributed by atoms with Gasteiger partial charge in [-0.05, 0) is 24.3 Å². The van der Waals surface area contributed by atoms with Crippen molar-refractivity contribution in [2.45, 2.75) is 4.90 Å². The van der Waals surface area contributed by atoms with Gasteiger partial charge in [0.1, 0.15) is 12.0 Å². The molecule has 7 heteroatoms. The molecule has 0 amide bonds. The van der Waals surface area contributed by atoms with Crippen LogP contribution in [0.3, 0.4) is 0 Å². The van der Waals surface area contributed by atoms with E-state index in [2.05, 4.69) is 0 Å². The van der Waals surface area contributed by atoms with Crippen LogP contribution in [0.2, 0.25) is 0 Å². The van der Waals surface area contributed by atoms with Gasteiger partial charge in [-0.2, -0.15) is 0 Å². The maximum atomic E-state index is 12.1. The molecule has 0 spiro atoms. The third-order valence-electron chi connectivity index (χ3n) is 3.58. The predicted octanol–water partition coefficient (Wildman–Crippen LogP) is 2.51. The smallest absolute Gasteiger partial charge is 0.424 e. The highest BCUT2D eigenvalue weighted by atomic mass is 32.2. The zero-order valence-electron chi connectivity index (χ0n) is 13.1. The molecule has 3 rings (SSSR count). The van der Waals surface area contributed by atoms with Gasteiger partial charge >= 0.3 is 5.76 Å². The number of nitrogens with zero attached hydrogens (tertiary/aromatic N) is 1. The lowest BCUT2D eigenvalue weighted by Crippen LogP contribution is -2.13. The molecule has 0 fully saturated rings. The summed E-state index contributed by atoms with van der Waals surface area (Å²) in [5.41, 5.74) is 1.78. The number of methoxy groups -OCH3 is 1. The first-order valence-electron chi connectivity index (χ1n) is 7.05. The highest BCUT2D eigenvalue weighted by molar-refractivity contribution is 7.90. The van der Waals surface area contributed by atoms with Crippen molar-refractivity contribution in [1.82, 2.24) is 4.57 Å². The Balaban J connectivity index is 2.12. The van der Waals surface area contributed by atoms with E-state index in [1.54, 1.807) is 43.5 Å². The Morgan fingerprint density at radius 2 is 1.79 bits per heavy atom. The van der Waals surface area contributed by atoms with E-state index < -0.39 is 15.6 Å². The Labute approximate surface area is 138 Å². The lowest BCUT2D eigenvalue weighted by atomic mass is 10.1. The molecular formula is C17H15NO5S. The van der Waals surface area contributed by atoms with E-state index in [4.69, 9.17) is 9.15 Å². The van der Waals surface area contributed by atoms with Gasteiger partial charge < -0.3 is 9.15 Å². The average Bonchev–Trinajstić information content (AvgIpc) is 2.96. The third-order valence-corrected chi connectivity index (χ3v) is 4.71. The molecule has 1 aromatic heterocycles. The maximum absolute atomic E-state index is 12.1. The largest absolute Gasteiger partial charge is 0.497 e. The summed E-state index contributed by atoms with van der Waals surface area (Å²) < 4.78 is 34.7. The molecule has 0 saturated carbocycles. The second-order valence-corrected chi connectivity index (χ2v) is 7.24. The molecule has 2 aromatic carbocycles. The van der Waals surface area contributed by atoms with Gasteiger partial charge in [0.2, 0.25) is 0 Å². The fraction of sp³-hybridized carbons (Fsp3) is 0.118. The SMILES string of the molecule is COc1cccc(-n2c(-c3ccc(S(C)(=O)=O)cc3)coc2=O)c1. The third kappa shape index (κ3) is 2.98. The molecule has 0 aliphatic carbocycles. The first-order chi connectivity index (χ1) is 11.4. The van der Waals surface area contributed by atoms with Gasteiger partial charge in [0, 0.05) is 17.9 Å². The molecule has 3 aromatic rings. The van der Waals surface area contributed by atoms with Crippen LogP contribution in [-0.2, 0) is 9.84 Å². The highest BCUT2D eigenvalue weighted by Gasteiger charge is 2.14. The highest BCUT2D eigenvalue weighted by Crippen LogP contribution is 2.25. The Hall–Kier alpha value is -2.80. The monoisotopic (exact) mass is 345 g/mol. The summed E-state index contributed by atoms with van der Waals surface area (Å²) in [5, 5.41) is 0. The first-order valence-corrected chi connectivity index (χ1v) is 8.95.